The van der Waals surface area contributed by atoms with E-state index in [0.717, 1.165) is 0 Å². The molecule has 0 bridgehead atoms. The minimum absolute atomic E-state index is 0.120. The number of hydrogen-bond donors (Lipinski definition) is 2. The third-order valence-corrected chi connectivity index (χ3v) is 5.26. The van der Waals surface area contributed by atoms with E-state index in [1.807, 2.05) is 0 Å². The van der Waals surface area contributed by atoms with Crippen LogP contribution in [-0.2, 0) is 10.3 Å². The summed E-state index contributed by atoms with van der Waals surface area (Å²) in [6.45, 7) is 1.46. The van der Waals surface area contributed by atoms with E-state index in [0.29, 0.717) is 50.7 Å². The van der Waals surface area contributed by atoms with Gasteiger partial charge in [0.2, 0.25) is 0 Å². The fourth-order valence-corrected chi connectivity index (χ4v) is 3.98. The van der Waals surface area contributed by atoms with E-state index in [4.69, 9.17) is 20.9 Å². The standard InChI is InChI=1S/C22H16N2O4/c1-11(25)12-2-5-16-15(8-12)21(26)28-22(16)17-6-3-13(23)9-19(17)27-20-10-14(24)4-7-18(20)22/h2-10H,23-24H2,1H3. The SMILES string of the molecule is CC(=O)c1ccc2c(c1)C(=O)OC21c2ccc(N)cc2Oc2cc(N)ccc21. The summed E-state index contributed by atoms with van der Waals surface area (Å²) in [4.78, 5) is 24.6. The molecule has 0 saturated heterocycles. The maximum absolute atomic E-state index is 12.8. The summed E-state index contributed by atoms with van der Waals surface area (Å²) in [5.41, 5.74) is 14.6. The fourth-order valence-electron chi connectivity index (χ4n) is 3.98. The molecule has 138 valence electrons. The molecule has 28 heavy (non-hydrogen) atoms. The molecule has 0 aromatic heterocycles. The molecule has 0 amide bonds. The zero-order chi connectivity index (χ0) is 19.6. The highest BCUT2D eigenvalue weighted by molar-refractivity contribution is 6.01. The largest absolute Gasteiger partial charge is 0.456 e. The van der Waals surface area contributed by atoms with Gasteiger partial charge in [-0.2, -0.15) is 0 Å². The molecule has 3 aromatic rings. The van der Waals surface area contributed by atoms with Gasteiger partial charge in [-0.1, -0.05) is 12.1 Å². The van der Waals surface area contributed by atoms with E-state index in [9.17, 15) is 9.59 Å². The number of benzene rings is 3. The van der Waals surface area contributed by atoms with Crippen molar-refractivity contribution < 1.29 is 19.1 Å². The molecule has 0 saturated carbocycles. The molecule has 0 aliphatic carbocycles. The molecule has 1 spiro atoms. The highest BCUT2D eigenvalue weighted by Gasteiger charge is 2.53. The Bertz CT molecular complexity index is 1150. The number of ketones is 1. The molecule has 3 aromatic carbocycles. The topological polar surface area (TPSA) is 105 Å². The van der Waals surface area contributed by atoms with Crippen molar-refractivity contribution in [2.45, 2.75) is 12.5 Å². The summed E-state index contributed by atoms with van der Waals surface area (Å²) in [7, 11) is 0. The molecule has 6 nitrogen and oxygen atoms in total. The number of carbonyl (C=O) groups is 2. The Morgan fingerprint density at radius 3 is 2.00 bits per heavy atom. The van der Waals surface area contributed by atoms with Crippen molar-refractivity contribution in [1.82, 2.24) is 0 Å². The second-order valence-corrected chi connectivity index (χ2v) is 7.00. The number of esters is 1. The first-order chi connectivity index (χ1) is 13.4. The third kappa shape index (κ3) is 2.02. The summed E-state index contributed by atoms with van der Waals surface area (Å²) in [6, 6.07) is 15.5. The van der Waals surface area contributed by atoms with Crippen LogP contribution in [0.2, 0.25) is 0 Å². The number of Topliss-reactive ketones (excluding diaryl/α,β-unsaturated/α-hetero) is 1. The van der Waals surface area contributed by atoms with Gasteiger partial charge in [-0.3, -0.25) is 4.79 Å². The normalized spacial score (nSPS) is 15.2. The van der Waals surface area contributed by atoms with Crippen molar-refractivity contribution in [3.05, 3.63) is 82.4 Å². The number of nitrogens with two attached hydrogens (primary N) is 2. The molecule has 0 unspecified atom stereocenters. The van der Waals surface area contributed by atoms with Crippen LogP contribution in [0.15, 0.2) is 54.6 Å². The summed E-state index contributed by atoms with van der Waals surface area (Å²) >= 11 is 0. The van der Waals surface area contributed by atoms with E-state index < -0.39 is 11.6 Å². The van der Waals surface area contributed by atoms with Crippen molar-refractivity contribution in [2.24, 2.45) is 0 Å². The second-order valence-electron chi connectivity index (χ2n) is 7.00. The zero-order valence-electron chi connectivity index (χ0n) is 15.0. The first-order valence-corrected chi connectivity index (χ1v) is 8.77. The van der Waals surface area contributed by atoms with Gasteiger partial charge in [0.05, 0.1) is 5.56 Å². The number of anilines is 2. The van der Waals surface area contributed by atoms with Gasteiger partial charge in [-0.15, -0.1) is 0 Å². The molecule has 2 heterocycles. The van der Waals surface area contributed by atoms with Crippen molar-refractivity contribution in [3.8, 4) is 11.5 Å². The number of rotatable bonds is 1. The number of carbonyl (C=O) groups excluding carboxylic acids is 2. The maximum Gasteiger partial charge on any atom is 0.340 e. The molecular weight excluding hydrogens is 356 g/mol. The van der Waals surface area contributed by atoms with Gasteiger partial charge in [0.25, 0.3) is 0 Å². The zero-order valence-corrected chi connectivity index (χ0v) is 15.0. The predicted octanol–water partition coefficient (Wildman–Crippen LogP) is 3.62. The van der Waals surface area contributed by atoms with Crippen LogP contribution in [0.1, 0.15) is 44.3 Å². The minimum Gasteiger partial charge on any atom is -0.456 e. The number of ether oxygens (including phenoxy) is 2. The van der Waals surface area contributed by atoms with Gasteiger partial charge >= 0.3 is 5.97 Å². The lowest BCUT2D eigenvalue weighted by Crippen LogP contribution is -2.33. The molecule has 2 aliphatic heterocycles. The average molecular weight is 372 g/mol. The summed E-state index contributed by atoms with van der Waals surface area (Å²) in [5, 5.41) is 0. The Hall–Kier alpha value is -3.80. The van der Waals surface area contributed by atoms with E-state index in [1.54, 1.807) is 54.6 Å². The van der Waals surface area contributed by atoms with Crippen LogP contribution in [0.5, 0.6) is 11.5 Å². The van der Waals surface area contributed by atoms with E-state index in [2.05, 4.69) is 0 Å². The van der Waals surface area contributed by atoms with Crippen LogP contribution in [0, 0.1) is 0 Å². The first-order valence-electron chi connectivity index (χ1n) is 8.77. The molecule has 0 atom stereocenters. The molecule has 0 radical (unpaired) electrons. The van der Waals surface area contributed by atoms with Crippen LogP contribution in [0.3, 0.4) is 0 Å². The Morgan fingerprint density at radius 2 is 1.43 bits per heavy atom. The Kier molecular flexibility index (Phi) is 3.13. The summed E-state index contributed by atoms with van der Waals surface area (Å²) in [5.74, 6) is 0.374. The van der Waals surface area contributed by atoms with Gasteiger partial charge in [0.15, 0.2) is 11.4 Å². The molecule has 2 aliphatic rings. The van der Waals surface area contributed by atoms with Gasteiger partial charge in [0.1, 0.15) is 11.5 Å². The highest BCUT2D eigenvalue weighted by Crippen LogP contribution is 2.56. The number of fused-ring (bicyclic) bond motifs is 6. The van der Waals surface area contributed by atoms with Crippen LogP contribution in [-0.4, -0.2) is 11.8 Å². The van der Waals surface area contributed by atoms with Crippen LogP contribution >= 0.6 is 0 Å². The molecule has 0 fully saturated rings. The highest BCUT2D eigenvalue weighted by atomic mass is 16.6. The molecule has 4 N–H and O–H groups in total. The number of nitrogen functional groups attached to an aromatic ring is 2. The second kappa shape index (κ2) is 5.36. The lowest BCUT2D eigenvalue weighted by Gasteiger charge is -2.36. The van der Waals surface area contributed by atoms with E-state index >= 15 is 0 Å². The third-order valence-electron chi connectivity index (χ3n) is 5.26. The van der Waals surface area contributed by atoms with Gasteiger partial charge in [-0.05, 0) is 37.3 Å². The van der Waals surface area contributed by atoms with Crippen molar-refractivity contribution in [2.75, 3.05) is 11.5 Å². The van der Waals surface area contributed by atoms with Crippen LogP contribution in [0.25, 0.3) is 0 Å². The maximum atomic E-state index is 12.8. The molecule has 6 heteroatoms. The van der Waals surface area contributed by atoms with E-state index in [-0.39, 0.29) is 5.78 Å². The van der Waals surface area contributed by atoms with Crippen LogP contribution in [0.4, 0.5) is 11.4 Å². The summed E-state index contributed by atoms with van der Waals surface area (Å²) in [6.07, 6.45) is 0. The predicted molar refractivity (Wildman–Crippen MR) is 104 cm³/mol. The number of hydrogen-bond acceptors (Lipinski definition) is 6. The minimum atomic E-state index is -1.19. The van der Waals surface area contributed by atoms with Gasteiger partial charge in [0, 0.05) is 45.8 Å². The van der Waals surface area contributed by atoms with Gasteiger partial charge < -0.3 is 20.9 Å². The quantitative estimate of drug-likeness (QED) is 0.384. The smallest absolute Gasteiger partial charge is 0.340 e. The summed E-state index contributed by atoms with van der Waals surface area (Å²) < 4.78 is 12.0. The Balaban J connectivity index is 1.87. The Morgan fingerprint density at radius 1 is 0.857 bits per heavy atom. The van der Waals surface area contributed by atoms with E-state index in [1.165, 1.54) is 6.92 Å². The van der Waals surface area contributed by atoms with Gasteiger partial charge in [-0.25, -0.2) is 4.79 Å². The lowest BCUT2D eigenvalue weighted by atomic mass is 9.77. The average Bonchev–Trinajstić information content (AvgIpc) is 2.94. The first kappa shape index (κ1) is 16.4. The van der Waals surface area contributed by atoms with Crippen molar-refractivity contribution >= 4 is 23.1 Å². The molecule has 5 rings (SSSR count). The lowest BCUT2D eigenvalue weighted by molar-refractivity contribution is 0.0224. The monoisotopic (exact) mass is 372 g/mol. The van der Waals surface area contributed by atoms with Crippen molar-refractivity contribution in [3.63, 3.8) is 0 Å². The van der Waals surface area contributed by atoms with Crippen molar-refractivity contribution in [1.29, 1.82) is 0 Å². The molecular formula is C22H16N2O4. The Labute approximate surface area is 160 Å². The fraction of sp³-hybridized carbons (Fsp3) is 0.0909. The van der Waals surface area contributed by atoms with Crippen LogP contribution < -0.4 is 16.2 Å².